The van der Waals surface area contributed by atoms with Gasteiger partial charge in [-0.3, -0.25) is 30.0 Å². The molecule has 0 aliphatic carbocycles. The molecule has 7 heteroatoms. The van der Waals surface area contributed by atoms with Crippen molar-refractivity contribution in [2.75, 3.05) is 0 Å². The molecule has 4 aromatic carbocycles. The molecule has 0 unspecified atom stereocenters. The van der Waals surface area contributed by atoms with E-state index in [-0.39, 0.29) is 11.1 Å². The average molecular weight is 543 g/mol. The molecule has 0 saturated carbocycles. The van der Waals surface area contributed by atoms with Crippen molar-refractivity contribution in [3.63, 3.8) is 0 Å². The second kappa shape index (κ2) is 11.1. The largest absolute Gasteiger partial charge is 0.489 e. The fraction of sp³-hybridized carbons (Fsp3) is 0.118. The van der Waals surface area contributed by atoms with Crippen LogP contribution in [0.1, 0.15) is 39.3 Å². The van der Waals surface area contributed by atoms with Crippen LogP contribution < -0.4 is 15.9 Å². The Labute approximate surface area is 236 Å². The van der Waals surface area contributed by atoms with E-state index < -0.39 is 5.92 Å². The van der Waals surface area contributed by atoms with Crippen LogP contribution in [0.4, 0.5) is 0 Å². The van der Waals surface area contributed by atoms with E-state index in [0.29, 0.717) is 40.4 Å². The van der Waals surface area contributed by atoms with Crippen LogP contribution >= 0.6 is 0 Å². The maximum absolute atomic E-state index is 13.6. The van der Waals surface area contributed by atoms with E-state index in [4.69, 9.17) is 4.74 Å². The molecule has 2 aromatic heterocycles. The minimum atomic E-state index is -0.750. The van der Waals surface area contributed by atoms with Gasteiger partial charge in [0.2, 0.25) is 0 Å². The Balaban J connectivity index is 1.58. The van der Waals surface area contributed by atoms with Crippen molar-refractivity contribution in [3.05, 3.63) is 157 Å². The van der Waals surface area contributed by atoms with E-state index in [1.54, 1.807) is 0 Å². The second-order valence-electron chi connectivity index (χ2n) is 10.2. The highest BCUT2D eigenvalue weighted by Crippen LogP contribution is 2.41. The minimum absolute atomic E-state index is 0.307. The number of benzene rings is 4. The van der Waals surface area contributed by atoms with Gasteiger partial charge >= 0.3 is 0 Å². The van der Waals surface area contributed by atoms with Crippen molar-refractivity contribution in [1.29, 1.82) is 0 Å². The molecular weight excluding hydrogens is 512 g/mol. The van der Waals surface area contributed by atoms with Gasteiger partial charge in [0, 0.05) is 5.56 Å². The summed E-state index contributed by atoms with van der Waals surface area (Å²) >= 11 is 0. The molecule has 0 saturated heterocycles. The number of aryl methyl sites for hydroxylation is 2. The summed E-state index contributed by atoms with van der Waals surface area (Å²) in [5.41, 5.74) is 7.09. The Morgan fingerprint density at radius 1 is 0.585 bits per heavy atom. The lowest BCUT2D eigenvalue weighted by Crippen LogP contribution is -2.20. The van der Waals surface area contributed by atoms with Gasteiger partial charge in [0.25, 0.3) is 11.1 Å². The van der Waals surface area contributed by atoms with E-state index in [1.807, 2.05) is 117 Å². The predicted octanol–water partition coefficient (Wildman–Crippen LogP) is 6.43. The smallest absolute Gasteiger partial charge is 0.268 e. The fourth-order valence-corrected chi connectivity index (χ4v) is 5.22. The van der Waals surface area contributed by atoms with Crippen molar-refractivity contribution >= 4 is 0 Å². The number of ether oxygens (including phenoxy) is 1. The van der Waals surface area contributed by atoms with Crippen LogP contribution in [0, 0.1) is 13.8 Å². The molecule has 0 aliphatic heterocycles. The molecule has 2 heterocycles. The summed E-state index contributed by atoms with van der Waals surface area (Å²) in [5.74, 6) is -0.160. The van der Waals surface area contributed by atoms with Crippen molar-refractivity contribution in [1.82, 2.24) is 20.4 Å². The molecule has 6 aromatic rings. The highest BCUT2D eigenvalue weighted by molar-refractivity contribution is 5.71. The van der Waals surface area contributed by atoms with Crippen LogP contribution in [0.3, 0.4) is 0 Å². The molecule has 0 atom stereocenters. The number of aromatic amines is 4. The summed E-state index contributed by atoms with van der Waals surface area (Å²) in [6.07, 6.45) is 0. The lowest BCUT2D eigenvalue weighted by atomic mass is 9.82. The summed E-state index contributed by atoms with van der Waals surface area (Å²) < 4.78 is 6.36. The lowest BCUT2D eigenvalue weighted by Gasteiger charge is -2.21. The first-order valence-corrected chi connectivity index (χ1v) is 13.5. The zero-order valence-corrected chi connectivity index (χ0v) is 22.8. The molecule has 204 valence electrons. The molecule has 6 rings (SSSR count). The molecule has 7 nitrogen and oxygen atoms in total. The normalized spacial score (nSPS) is 11.2. The number of aromatic nitrogens is 4. The maximum atomic E-state index is 13.6. The summed E-state index contributed by atoms with van der Waals surface area (Å²) in [5, 5.41) is 11.7. The Hall–Kier alpha value is -5.30. The molecule has 0 fully saturated rings. The Morgan fingerprint density at radius 2 is 1.07 bits per heavy atom. The molecule has 41 heavy (non-hydrogen) atoms. The van der Waals surface area contributed by atoms with E-state index >= 15 is 0 Å². The van der Waals surface area contributed by atoms with Gasteiger partial charge in [-0.05, 0) is 36.6 Å². The second-order valence-corrected chi connectivity index (χ2v) is 10.2. The number of rotatable bonds is 8. The topological polar surface area (TPSA) is 107 Å². The lowest BCUT2D eigenvalue weighted by molar-refractivity contribution is 0.302. The molecule has 0 bridgehead atoms. The van der Waals surface area contributed by atoms with Gasteiger partial charge in [0.05, 0.1) is 28.4 Å². The minimum Gasteiger partial charge on any atom is -0.489 e. The van der Waals surface area contributed by atoms with Gasteiger partial charge < -0.3 is 4.74 Å². The van der Waals surface area contributed by atoms with Crippen LogP contribution in [0.15, 0.2) is 113 Å². The van der Waals surface area contributed by atoms with E-state index in [2.05, 4.69) is 20.4 Å². The van der Waals surface area contributed by atoms with Crippen LogP contribution in [-0.2, 0) is 6.61 Å². The van der Waals surface area contributed by atoms with Gasteiger partial charge in [-0.1, -0.05) is 108 Å². The van der Waals surface area contributed by atoms with Crippen LogP contribution in [-0.4, -0.2) is 20.4 Å². The fourth-order valence-electron chi connectivity index (χ4n) is 5.22. The van der Waals surface area contributed by atoms with Crippen molar-refractivity contribution in [3.8, 4) is 28.3 Å². The number of hydrogen-bond acceptors (Lipinski definition) is 3. The predicted molar refractivity (Wildman–Crippen MR) is 161 cm³/mol. The van der Waals surface area contributed by atoms with Crippen LogP contribution in [0.5, 0.6) is 5.75 Å². The Morgan fingerprint density at radius 3 is 1.61 bits per heavy atom. The highest BCUT2D eigenvalue weighted by Gasteiger charge is 2.33. The third-order valence-corrected chi connectivity index (χ3v) is 7.36. The monoisotopic (exact) mass is 542 g/mol. The van der Waals surface area contributed by atoms with Crippen molar-refractivity contribution in [2.24, 2.45) is 0 Å². The zero-order valence-electron chi connectivity index (χ0n) is 22.8. The Bertz CT molecular complexity index is 1800. The van der Waals surface area contributed by atoms with Gasteiger partial charge in [0.1, 0.15) is 12.4 Å². The molecule has 0 aliphatic rings. The summed E-state index contributed by atoms with van der Waals surface area (Å²) in [6.45, 7) is 4.37. The number of nitrogens with one attached hydrogen (secondary N) is 4. The van der Waals surface area contributed by atoms with Crippen molar-refractivity contribution in [2.45, 2.75) is 26.4 Å². The molecule has 0 spiro atoms. The first kappa shape index (κ1) is 26.0. The third kappa shape index (κ3) is 5.17. The van der Waals surface area contributed by atoms with E-state index in [9.17, 15) is 9.59 Å². The number of H-pyrrole nitrogens is 4. The van der Waals surface area contributed by atoms with Gasteiger partial charge in [-0.2, -0.15) is 0 Å². The van der Waals surface area contributed by atoms with Crippen molar-refractivity contribution < 1.29 is 4.74 Å². The maximum Gasteiger partial charge on any atom is 0.268 e. The highest BCUT2D eigenvalue weighted by atomic mass is 16.5. The molecular formula is C34H30N4O3. The Kier molecular flexibility index (Phi) is 7.00. The van der Waals surface area contributed by atoms with Gasteiger partial charge in [-0.15, -0.1) is 0 Å². The summed E-state index contributed by atoms with van der Waals surface area (Å²) in [7, 11) is 0. The molecule has 4 N–H and O–H groups in total. The first-order valence-electron chi connectivity index (χ1n) is 13.5. The summed E-state index contributed by atoms with van der Waals surface area (Å²) in [4.78, 5) is 27.3. The zero-order chi connectivity index (χ0) is 28.3. The quantitative estimate of drug-likeness (QED) is 0.178. The number of para-hydroxylation sites is 1. The van der Waals surface area contributed by atoms with Crippen LogP contribution in [0.25, 0.3) is 22.5 Å². The van der Waals surface area contributed by atoms with E-state index in [1.165, 1.54) is 0 Å². The SMILES string of the molecule is Cc1ccc(-c2[nH][nH]c(=O)c2C(c2ccccc2OCc2ccccc2)c2c(-c3ccc(C)cc3)[nH][nH]c2=O)cc1. The van der Waals surface area contributed by atoms with Gasteiger partial charge in [0.15, 0.2) is 0 Å². The van der Waals surface area contributed by atoms with E-state index in [0.717, 1.165) is 27.8 Å². The third-order valence-electron chi connectivity index (χ3n) is 7.36. The molecule has 0 amide bonds. The summed E-state index contributed by atoms with van der Waals surface area (Å²) in [6, 6.07) is 33.3. The first-order chi connectivity index (χ1) is 20.0. The standard InChI is InChI=1S/C34H30N4O3/c1-21-12-16-24(17-13-21)31-29(33(39)37-35-31)28(30-32(36-38-34(30)40)25-18-14-22(2)15-19-25)26-10-6-7-11-27(26)41-20-23-8-4-3-5-9-23/h3-19,28H,20H2,1-2H3,(H2,35,37,39)(H2,36,38,40). The average Bonchev–Trinajstić information content (AvgIpc) is 3.57. The molecule has 0 radical (unpaired) electrons. The van der Waals surface area contributed by atoms with Crippen LogP contribution in [0.2, 0.25) is 0 Å². The van der Waals surface area contributed by atoms with Gasteiger partial charge in [-0.25, -0.2) is 0 Å². The number of hydrogen-bond donors (Lipinski definition) is 4.